The van der Waals surface area contributed by atoms with Gasteiger partial charge in [-0.15, -0.1) is 0 Å². The monoisotopic (exact) mass is 412 g/mol. The topological polar surface area (TPSA) is 108 Å². The molecule has 8 nitrogen and oxygen atoms in total. The minimum absolute atomic E-state index is 0.0135. The molecule has 10 heteroatoms. The molecule has 0 fully saturated rings. The van der Waals surface area contributed by atoms with Crippen molar-refractivity contribution in [2.75, 3.05) is 11.9 Å². The number of hydrogen-bond acceptors (Lipinski definition) is 6. The van der Waals surface area contributed by atoms with E-state index in [1.54, 1.807) is 18.2 Å². The van der Waals surface area contributed by atoms with Gasteiger partial charge in [0.25, 0.3) is 11.6 Å². The number of carbonyl (C=O) groups is 2. The Kier molecular flexibility index (Phi) is 6.98. The minimum Gasteiger partial charge on any atom is -0.482 e. The van der Waals surface area contributed by atoms with E-state index in [0.717, 1.165) is 6.07 Å². The van der Waals surface area contributed by atoms with Crippen molar-refractivity contribution in [1.29, 1.82) is 0 Å². The van der Waals surface area contributed by atoms with Gasteiger partial charge in [0.2, 0.25) is 0 Å². The molecule has 2 aromatic carbocycles. The van der Waals surface area contributed by atoms with Gasteiger partial charge < -0.3 is 14.8 Å². The maximum atomic E-state index is 12.1. The summed E-state index contributed by atoms with van der Waals surface area (Å²) in [5.74, 6) is -1.02. The zero-order chi connectivity index (χ0) is 20.0. The van der Waals surface area contributed by atoms with Gasteiger partial charge in [0.1, 0.15) is 5.75 Å². The van der Waals surface area contributed by atoms with Gasteiger partial charge in [0.15, 0.2) is 12.7 Å². The van der Waals surface area contributed by atoms with Gasteiger partial charge in [0, 0.05) is 17.2 Å². The highest BCUT2D eigenvalue weighted by Crippen LogP contribution is 2.26. The molecule has 0 saturated carbocycles. The van der Waals surface area contributed by atoms with Crippen LogP contribution in [0.2, 0.25) is 10.0 Å². The van der Waals surface area contributed by atoms with Crippen molar-refractivity contribution in [3.05, 3.63) is 62.6 Å². The van der Waals surface area contributed by atoms with Crippen LogP contribution in [0.3, 0.4) is 0 Å². The quantitative estimate of drug-likeness (QED) is 0.420. The summed E-state index contributed by atoms with van der Waals surface area (Å²) in [4.78, 5) is 34.0. The lowest BCUT2D eigenvalue weighted by atomic mass is 10.2. The number of halogens is 2. The zero-order valence-corrected chi connectivity index (χ0v) is 15.5. The van der Waals surface area contributed by atoms with Gasteiger partial charge in [-0.25, -0.2) is 4.79 Å². The lowest BCUT2D eigenvalue weighted by molar-refractivity contribution is -0.384. The fraction of sp³-hybridized carbons (Fsp3) is 0.176. The molecule has 1 atom stereocenters. The first-order chi connectivity index (χ1) is 12.8. The van der Waals surface area contributed by atoms with Crippen LogP contribution in [0.5, 0.6) is 5.75 Å². The average molecular weight is 413 g/mol. The molecular formula is C17H14Cl2N2O6. The van der Waals surface area contributed by atoms with E-state index < -0.39 is 29.5 Å². The van der Waals surface area contributed by atoms with Gasteiger partial charge in [-0.05, 0) is 31.2 Å². The van der Waals surface area contributed by atoms with Crippen LogP contribution in [0.25, 0.3) is 0 Å². The Morgan fingerprint density at radius 2 is 1.96 bits per heavy atom. The van der Waals surface area contributed by atoms with Crippen LogP contribution in [0, 0.1) is 10.1 Å². The van der Waals surface area contributed by atoms with Crippen LogP contribution in [-0.2, 0) is 14.3 Å². The molecule has 0 radical (unpaired) electrons. The summed E-state index contributed by atoms with van der Waals surface area (Å²) in [6.07, 6.45) is -1.13. The van der Waals surface area contributed by atoms with E-state index in [1.165, 1.54) is 25.1 Å². The molecule has 142 valence electrons. The third-order valence-corrected chi connectivity index (χ3v) is 3.80. The number of benzene rings is 2. The molecule has 1 unspecified atom stereocenters. The van der Waals surface area contributed by atoms with Crippen molar-refractivity contribution >= 4 is 46.5 Å². The van der Waals surface area contributed by atoms with E-state index in [-0.39, 0.29) is 16.4 Å². The second kappa shape index (κ2) is 9.20. The maximum Gasteiger partial charge on any atom is 0.344 e. The molecular weight excluding hydrogens is 399 g/mol. The number of nitro benzene ring substituents is 1. The summed E-state index contributed by atoms with van der Waals surface area (Å²) in [6, 6.07) is 10.0. The summed E-state index contributed by atoms with van der Waals surface area (Å²) in [7, 11) is 0. The number of ether oxygens (including phenoxy) is 2. The van der Waals surface area contributed by atoms with E-state index in [2.05, 4.69) is 5.32 Å². The molecule has 0 aliphatic rings. The number of nitrogens with zero attached hydrogens (tertiary/aromatic N) is 1. The van der Waals surface area contributed by atoms with Crippen molar-refractivity contribution in [3.63, 3.8) is 0 Å². The SMILES string of the molecule is CC(OC(=O)COc1cccc(Cl)c1)C(=O)Nc1ccc([N+](=O)[O-])cc1Cl. The molecule has 2 aromatic rings. The van der Waals surface area contributed by atoms with Gasteiger partial charge >= 0.3 is 5.97 Å². The fourth-order valence-corrected chi connectivity index (χ4v) is 2.34. The second-order valence-electron chi connectivity index (χ2n) is 5.29. The molecule has 0 heterocycles. The van der Waals surface area contributed by atoms with Gasteiger partial charge in [-0.1, -0.05) is 29.3 Å². The smallest absolute Gasteiger partial charge is 0.344 e. The second-order valence-corrected chi connectivity index (χ2v) is 6.13. The van der Waals surface area contributed by atoms with Crippen molar-refractivity contribution < 1.29 is 24.0 Å². The van der Waals surface area contributed by atoms with Gasteiger partial charge in [-0.2, -0.15) is 0 Å². The molecule has 1 amide bonds. The summed E-state index contributed by atoms with van der Waals surface area (Å²) in [6.45, 7) is 0.960. The Bertz CT molecular complexity index is 874. The normalized spacial score (nSPS) is 11.4. The fourth-order valence-electron chi connectivity index (χ4n) is 1.94. The van der Waals surface area contributed by atoms with E-state index in [4.69, 9.17) is 32.7 Å². The lowest BCUT2D eigenvalue weighted by Gasteiger charge is -2.14. The number of anilines is 1. The van der Waals surface area contributed by atoms with Crippen molar-refractivity contribution in [2.45, 2.75) is 13.0 Å². The number of nitro groups is 1. The predicted octanol–water partition coefficient (Wildman–Crippen LogP) is 3.85. The van der Waals surface area contributed by atoms with E-state index >= 15 is 0 Å². The summed E-state index contributed by atoms with van der Waals surface area (Å²) in [5.41, 5.74) is -0.0546. The Balaban J connectivity index is 1.87. The highest BCUT2D eigenvalue weighted by atomic mass is 35.5. The highest BCUT2D eigenvalue weighted by molar-refractivity contribution is 6.34. The molecule has 27 heavy (non-hydrogen) atoms. The number of amides is 1. The van der Waals surface area contributed by atoms with Crippen LogP contribution in [0.4, 0.5) is 11.4 Å². The van der Waals surface area contributed by atoms with Crippen molar-refractivity contribution in [3.8, 4) is 5.75 Å². The summed E-state index contributed by atoms with van der Waals surface area (Å²) in [5, 5.41) is 13.6. The summed E-state index contributed by atoms with van der Waals surface area (Å²) >= 11 is 11.7. The Hall–Kier alpha value is -2.84. The first kappa shape index (κ1) is 20.5. The number of nitrogens with one attached hydrogen (secondary N) is 1. The molecule has 2 rings (SSSR count). The van der Waals surface area contributed by atoms with Gasteiger partial charge in [0.05, 0.1) is 15.6 Å². The average Bonchev–Trinajstić information content (AvgIpc) is 2.61. The molecule has 0 saturated heterocycles. The van der Waals surface area contributed by atoms with E-state index in [9.17, 15) is 19.7 Å². The first-order valence-electron chi connectivity index (χ1n) is 7.59. The Labute approximate surface area is 164 Å². The largest absolute Gasteiger partial charge is 0.482 e. The molecule has 0 aromatic heterocycles. The molecule has 0 spiro atoms. The van der Waals surface area contributed by atoms with E-state index in [1.807, 2.05) is 0 Å². The number of rotatable bonds is 7. The van der Waals surface area contributed by atoms with Gasteiger partial charge in [-0.3, -0.25) is 14.9 Å². The Morgan fingerprint density at radius 1 is 1.22 bits per heavy atom. The lowest BCUT2D eigenvalue weighted by Crippen LogP contribution is -2.31. The van der Waals surface area contributed by atoms with Crippen LogP contribution < -0.4 is 10.1 Å². The highest BCUT2D eigenvalue weighted by Gasteiger charge is 2.20. The third kappa shape index (κ3) is 6.12. The zero-order valence-electron chi connectivity index (χ0n) is 14.0. The Morgan fingerprint density at radius 3 is 2.59 bits per heavy atom. The van der Waals surface area contributed by atoms with Crippen molar-refractivity contribution in [1.82, 2.24) is 0 Å². The number of hydrogen-bond donors (Lipinski definition) is 1. The van der Waals surface area contributed by atoms with Crippen LogP contribution in [0.15, 0.2) is 42.5 Å². The summed E-state index contributed by atoms with van der Waals surface area (Å²) < 4.78 is 10.2. The minimum atomic E-state index is -1.13. The number of carbonyl (C=O) groups excluding carboxylic acids is 2. The molecule has 0 bridgehead atoms. The number of non-ortho nitro benzene ring substituents is 1. The predicted molar refractivity (Wildman–Crippen MR) is 99.2 cm³/mol. The first-order valence-corrected chi connectivity index (χ1v) is 8.34. The molecule has 0 aliphatic heterocycles. The number of esters is 1. The van der Waals surface area contributed by atoms with Crippen LogP contribution >= 0.6 is 23.2 Å². The van der Waals surface area contributed by atoms with Crippen LogP contribution in [-0.4, -0.2) is 29.5 Å². The van der Waals surface area contributed by atoms with E-state index in [0.29, 0.717) is 10.8 Å². The third-order valence-electron chi connectivity index (χ3n) is 3.25. The standard InChI is InChI=1S/C17H14Cl2N2O6/c1-10(27-16(22)9-26-13-4-2-3-11(18)7-13)17(23)20-15-6-5-12(21(24)25)8-14(15)19/h2-8,10H,9H2,1H3,(H,20,23). The molecule has 1 N–H and O–H groups in total. The van der Waals surface area contributed by atoms with Crippen molar-refractivity contribution in [2.24, 2.45) is 0 Å². The van der Waals surface area contributed by atoms with Crippen LogP contribution in [0.1, 0.15) is 6.92 Å². The maximum absolute atomic E-state index is 12.1. The molecule has 0 aliphatic carbocycles.